The summed E-state index contributed by atoms with van der Waals surface area (Å²) >= 11 is 0. The molecule has 0 aromatic heterocycles. The maximum atomic E-state index is 2.34. The van der Waals surface area contributed by atoms with Gasteiger partial charge in [-0.2, -0.15) is 0 Å². The van der Waals surface area contributed by atoms with Crippen LogP contribution in [0.5, 0.6) is 0 Å². The van der Waals surface area contributed by atoms with E-state index in [1.807, 2.05) is 0 Å². The molecule has 0 saturated heterocycles. The topological polar surface area (TPSA) is 0 Å². The molecular weight excluding hydrogens is 336 g/mol. The third-order valence-corrected chi connectivity index (χ3v) is 6.07. The van der Waals surface area contributed by atoms with E-state index in [1.165, 1.54) is 57.3 Å². The first-order valence-corrected chi connectivity index (χ1v) is 10.6. The molecule has 0 aliphatic rings. The summed E-state index contributed by atoms with van der Waals surface area (Å²) in [6, 6.07) is 23.0. The van der Waals surface area contributed by atoms with Crippen molar-refractivity contribution in [3.8, 4) is 0 Å². The molecule has 0 aliphatic heterocycles. The average molecular weight is 371 g/mol. The van der Waals surface area contributed by atoms with Crippen LogP contribution in [0.15, 0.2) is 60.7 Å². The van der Waals surface area contributed by atoms with Crippen molar-refractivity contribution in [2.45, 2.75) is 66.2 Å². The molecule has 28 heavy (non-hydrogen) atoms. The van der Waals surface area contributed by atoms with Crippen LogP contribution in [0.2, 0.25) is 0 Å². The van der Waals surface area contributed by atoms with E-state index in [1.54, 1.807) is 0 Å². The third-order valence-electron chi connectivity index (χ3n) is 6.07. The Hall–Kier alpha value is -2.34. The number of benzene rings is 3. The van der Waals surface area contributed by atoms with Crippen molar-refractivity contribution in [2.75, 3.05) is 0 Å². The summed E-state index contributed by atoms with van der Waals surface area (Å²) in [6.07, 6.45) is 4.71. The van der Waals surface area contributed by atoms with E-state index in [0.29, 0.717) is 5.92 Å². The second-order valence-electron chi connectivity index (χ2n) is 8.54. The zero-order chi connectivity index (χ0) is 20.1. The molecule has 0 bridgehead atoms. The lowest BCUT2D eigenvalue weighted by molar-refractivity contribution is 0.575. The van der Waals surface area contributed by atoms with Gasteiger partial charge in [0, 0.05) is 0 Å². The van der Waals surface area contributed by atoms with Gasteiger partial charge in [0.1, 0.15) is 0 Å². The monoisotopic (exact) mass is 370 g/mol. The molecule has 0 heterocycles. The fourth-order valence-electron chi connectivity index (χ4n) is 4.23. The van der Waals surface area contributed by atoms with E-state index in [-0.39, 0.29) is 0 Å². The Morgan fingerprint density at radius 1 is 0.536 bits per heavy atom. The van der Waals surface area contributed by atoms with Crippen LogP contribution in [-0.4, -0.2) is 0 Å². The molecule has 0 amide bonds. The molecule has 0 unspecified atom stereocenters. The van der Waals surface area contributed by atoms with E-state index < -0.39 is 0 Å². The van der Waals surface area contributed by atoms with Gasteiger partial charge in [-0.15, -0.1) is 0 Å². The van der Waals surface area contributed by atoms with Crippen LogP contribution >= 0.6 is 0 Å². The average Bonchev–Trinajstić information content (AvgIpc) is 2.65. The Labute approximate surface area is 171 Å². The van der Waals surface area contributed by atoms with Crippen molar-refractivity contribution in [2.24, 2.45) is 0 Å². The molecule has 0 fully saturated rings. The number of hydrogen-bond donors (Lipinski definition) is 0. The molecule has 0 saturated carbocycles. The summed E-state index contributed by atoms with van der Waals surface area (Å²) in [5.74, 6) is 0.599. The van der Waals surface area contributed by atoms with Crippen molar-refractivity contribution >= 4 is 0 Å². The van der Waals surface area contributed by atoms with E-state index in [9.17, 15) is 0 Å². The van der Waals surface area contributed by atoms with Gasteiger partial charge in [-0.1, -0.05) is 77.4 Å². The highest BCUT2D eigenvalue weighted by Gasteiger charge is 2.14. The van der Waals surface area contributed by atoms with Crippen molar-refractivity contribution < 1.29 is 0 Å². The third kappa shape index (κ3) is 5.35. The van der Waals surface area contributed by atoms with Crippen LogP contribution in [0.3, 0.4) is 0 Å². The molecule has 3 aromatic carbocycles. The van der Waals surface area contributed by atoms with Crippen LogP contribution in [0.4, 0.5) is 0 Å². The van der Waals surface area contributed by atoms with Crippen molar-refractivity contribution in [3.63, 3.8) is 0 Å². The van der Waals surface area contributed by atoms with Crippen molar-refractivity contribution in [3.05, 3.63) is 105 Å². The van der Waals surface area contributed by atoms with Gasteiger partial charge in [-0.25, -0.2) is 0 Å². The van der Waals surface area contributed by atoms with Gasteiger partial charge in [0.2, 0.25) is 0 Å². The second kappa shape index (κ2) is 9.24. The minimum absolute atomic E-state index is 0.599. The zero-order valence-electron chi connectivity index (χ0n) is 18.2. The number of aryl methyl sites for hydroxylation is 7. The van der Waals surface area contributed by atoms with Gasteiger partial charge >= 0.3 is 0 Å². The maximum Gasteiger partial charge on any atom is -0.0156 e. The molecule has 0 spiro atoms. The summed E-state index contributed by atoms with van der Waals surface area (Å²) in [7, 11) is 0. The summed E-state index contributed by atoms with van der Waals surface area (Å²) in [6.45, 7) is 11.0. The number of hydrogen-bond acceptors (Lipinski definition) is 0. The summed E-state index contributed by atoms with van der Waals surface area (Å²) in [5, 5.41) is 0. The molecule has 0 heteroatoms. The molecule has 0 atom stereocenters. The van der Waals surface area contributed by atoms with Crippen LogP contribution < -0.4 is 0 Å². The lowest BCUT2D eigenvalue weighted by Crippen LogP contribution is -2.05. The summed E-state index contributed by atoms with van der Waals surface area (Å²) in [5.41, 5.74) is 11.4. The van der Waals surface area contributed by atoms with E-state index in [4.69, 9.17) is 0 Å². The Kier molecular flexibility index (Phi) is 6.73. The van der Waals surface area contributed by atoms with Crippen LogP contribution in [-0.2, 0) is 12.8 Å². The molecular formula is C28H34. The SMILES string of the molecule is Cc1ccc(C(CCc2ccc(C)cc2C)CCc2ccc(C)cc2C)cc1. The summed E-state index contributed by atoms with van der Waals surface area (Å²) < 4.78 is 0. The first-order chi connectivity index (χ1) is 13.4. The Morgan fingerprint density at radius 2 is 0.964 bits per heavy atom. The van der Waals surface area contributed by atoms with Gasteiger partial charge in [-0.3, -0.25) is 0 Å². The van der Waals surface area contributed by atoms with Gasteiger partial charge < -0.3 is 0 Å². The molecule has 0 N–H and O–H groups in total. The van der Waals surface area contributed by atoms with Crippen LogP contribution in [0, 0.1) is 34.6 Å². The fourth-order valence-corrected chi connectivity index (χ4v) is 4.23. The first kappa shape index (κ1) is 20.4. The molecule has 0 nitrogen and oxygen atoms in total. The molecule has 3 rings (SSSR count). The van der Waals surface area contributed by atoms with Gasteiger partial charge in [0.05, 0.1) is 0 Å². The van der Waals surface area contributed by atoms with Gasteiger partial charge in [-0.05, 0) is 94.0 Å². The highest BCUT2D eigenvalue weighted by molar-refractivity contribution is 5.33. The van der Waals surface area contributed by atoms with Gasteiger partial charge in [0.25, 0.3) is 0 Å². The quantitative estimate of drug-likeness (QED) is 0.402. The molecule has 0 aliphatic carbocycles. The predicted octanol–water partition coefficient (Wildman–Crippen LogP) is 7.58. The van der Waals surface area contributed by atoms with Gasteiger partial charge in [0.15, 0.2) is 0 Å². The minimum Gasteiger partial charge on any atom is -0.0590 e. The Bertz CT molecular complexity index is 860. The number of rotatable bonds is 7. The first-order valence-electron chi connectivity index (χ1n) is 10.6. The molecule has 3 aromatic rings. The lowest BCUT2D eigenvalue weighted by Gasteiger charge is -2.19. The van der Waals surface area contributed by atoms with E-state index >= 15 is 0 Å². The normalized spacial score (nSPS) is 11.2. The Morgan fingerprint density at radius 3 is 1.39 bits per heavy atom. The maximum absolute atomic E-state index is 2.34. The molecule has 0 radical (unpaired) electrons. The summed E-state index contributed by atoms with van der Waals surface area (Å²) in [4.78, 5) is 0. The molecule has 146 valence electrons. The predicted molar refractivity (Wildman–Crippen MR) is 122 cm³/mol. The van der Waals surface area contributed by atoms with Crippen LogP contribution in [0.25, 0.3) is 0 Å². The fraction of sp³-hybridized carbons (Fsp3) is 0.357. The highest BCUT2D eigenvalue weighted by Crippen LogP contribution is 2.29. The minimum atomic E-state index is 0.599. The largest absolute Gasteiger partial charge is 0.0590 e. The smallest absolute Gasteiger partial charge is 0.0156 e. The Balaban J connectivity index is 1.75. The van der Waals surface area contributed by atoms with E-state index in [2.05, 4.69) is 95.3 Å². The zero-order valence-corrected chi connectivity index (χ0v) is 18.2. The second-order valence-corrected chi connectivity index (χ2v) is 8.54. The highest BCUT2D eigenvalue weighted by atomic mass is 14.2. The standard InChI is InChI=1S/C28H34/c1-20-6-12-27(13-7-20)28(16-14-25-10-8-21(2)18-23(25)4)17-15-26-11-9-22(3)19-24(26)5/h6-13,18-19,28H,14-17H2,1-5H3. The van der Waals surface area contributed by atoms with E-state index in [0.717, 1.165) is 12.8 Å². The van der Waals surface area contributed by atoms with Crippen molar-refractivity contribution in [1.82, 2.24) is 0 Å². The lowest BCUT2D eigenvalue weighted by atomic mass is 9.85. The van der Waals surface area contributed by atoms with Crippen LogP contribution in [0.1, 0.15) is 63.3 Å². The van der Waals surface area contributed by atoms with Crippen molar-refractivity contribution in [1.29, 1.82) is 0 Å².